The summed E-state index contributed by atoms with van der Waals surface area (Å²) in [5, 5.41) is 11.7. The lowest BCUT2D eigenvalue weighted by molar-refractivity contribution is -0.138. The molecule has 0 aliphatic heterocycles. The van der Waals surface area contributed by atoms with E-state index in [0.717, 1.165) is 5.56 Å². The van der Waals surface area contributed by atoms with Crippen molar-refractivity contribution in [3.63, 3.8) is 0 Å². The Morgan fingerprint density at radius 1 is 1.21 bits per heavy atom. The Morgan fingerprint density at radius 3 is 2.53 bits per heavy atom. The molecule has 3 nitrogen and oxygen atoms in total. The molecule has 2 aromatic carbocycles. The van der Waals surface area contributed by atoms with Crippen molar-refractivity contribution < 1.29 is 9.90 Å². The molecule has 0 bridgehead atoms. The Morgan fingerprint density at radius 2 is 1.84 bits per heavy atom. The molecule has 1 atom stereocenters. The highest BCUT2D eigenvalue weighted by Gasteiger charge is 2.14. The van der Waals surface area contributed by atoms with Crippen LogP contribution in [0.1, 0.15) is 18.1 Å². The number of likely N-dealkylation sites (N-methyl/N-ethyl adjacent to an activating group) is 1. The van der Waals surface area contributed by atoms with E-state index in [9.17, 15) is 9.90 Å². The lowest BCUT2D eigenvalue weighted by Crippen LogP contribution is -2.34. The maximum Gasteiger partial charge on any atom is 0.251 e. The summed E-state index contributed by atoms with van der Waals surface area (Å²) in [5.41, 5.74) is 2.30. The van der Waals surface area contributed by atoms with Gasteiger partial charge in [-0.2, -0.15) is 0 Å². The largest absolute Gasteiger partial charge is 0.384 e. The van der Waals surface area contributed by atoms with Gasteiger partial charge < -0.3 is 10.0 Å². The average Bonchev–Trinajstić information content (AvgIpc) is 2.37. The Bertz CT molecular complexity index is 605. The zero-order valence-corrected chi connectivity index (χ0v) is 11.6. The molecule has 0 saturated carbocycles. The first-order valence-corrected chi connectivity index (χ1v) is 6.40. The standard InChI is InChI=1S/C16H19NO2/c1-11-4-6-15-9-13(5-7-14(15)8-11)10-17(3)16(19)12(2)18/h4-9,12,18H,10H2,1-3H3. The van der Waals surface area contributed by atoms with E-state index in [4.69, 9.17) is 0 Å². The second kappa shape index (κ2) is 5.41. The van der Waals surface area contributed by atoms with Gasteiger partial charge in [0.1, 0.15) is 6.10 Å². The van der Waals surface area contributed by atoms with E-state index in [1.807, 2.05) is 6.07 Å². The van der Waals surface area contributed by atoms with E-state index in [2.05, 4.69) is 37.3 Å². The Balaban J connectivity index is 2.22. The van der Waals surface area contributed by atoms with Gasteiger partial charge in [0.25, 0.3) is 5.91 Å². The first kappa shape index (κ1) is 13.6. The van der Waals surface area contributed by atoms with Crippen LogP contribution in [0.4, 0.5) is 0 Å². The van der Waals surface area contributed by atoms with Crippen LogP contribution in [0.3, 0.4) is 0 Å². The van der Waals surface area contributed by atoms with Crippen LogP contribution in [-0.2, 0) is 11.3 Å². The number of benzene rings is 2. The number of carbonyl (C=O) groups excluding carboxylic acids is 1. The minimum absolute atomic E-state index is 0.260. The highest BCUT2D eigenvalue weighted by Crippen LogP contribution is 2.18. The number of aliphatic hydroxyl groups is 1. The molecule has 19 heavy (non-hydrogen) atoms. The van der Waals surface area contributed by atoms with Gasteiger partial charge in [-0.3, -0.25) is 4.79 Å². The summed E-state index contributed by atoms with van der Waals surface area (Å²) >= 11 is 0. The number of rotatable bonds is 3. The number of hydrogen-bond acceptors (Lipinski definition) is 2. The van der Waals surface area contributed by atoms with Gasteiger partial charge in [0.15, 0.2) is 0 Å². The second-order valence-electron chi connectivity index (χ2n) is 5.06. The normalized spacial score (nSPS) is 12.4. The summed E-state index contributed by atoms with van der Waals surface area (Å²) in [5.74, 6) is -0.260. The molecule has 3 heteroatoms. The summed E-state index contributed by atoms with van der Waals surface area (Å²) in [7, 11) is 1.70. The number of amides is 1. The molecule has 0 fully saturated rings. The van der Waals surface area contributed by atoms with E-state index in [1.165, 1.54) is 23.3 Å². The van der Waals surface area contributed by atoms with Crippen LogP contribution in [0.25, 0.3) is 10.8 Å². The third kappa shape index (κ3) is 3.12. The molecule has 2 aromatic rings. The van der Waals surface area contributed by atoms with Crippen LogP contribution in [0.15, 0.2) is 36.4 Å². The van der Waals surface area contributed by atoms with Gasteiger partial charge in [-0.15, -0.1) is 0 Å². The zero-order chi connectivity index (χ0) is 14.0. The van der Waals surface area contributed by atoms with Crippen LogP contribution in [0.5, 0.6) is 0 Å². The van der Waals surface area contributed by atoms with E-state index >= 15 is 0 Å². The smallest absolute Gasteiger partial charge is 0.251 e. The lowest BCUT2D eigenvalue weighted by atomic mass is 10.0. The number of aryl methyl sites for hydroxylation is 1. The molecule has 100 valence electrons. The van der Waals surface area contributed by atoms with Gasteiger partial charge in [0, 0.05) is 13.6 Å². The van der Waals surface area contributed by atoms with Crippen molar-refractivity contribution >= 4 is 16.7 Å². The summed E-state index contributed by atoms with van der Waals surface area (Å²) in [6.45, 7) is 4.07. The van der Waals surface area contributed by atoms with Gasteiger partial charge in [-0.05, 0) is 36.2 Å². The van der Waals surface area contributed by atoms with Gasteiger partial charge in [-0.25, -0.2) is 0 Å². The van der Waals surface area contributed by atoms with Gasteiger partial charge in [0.05, 0.1) is 0 Å². The van der Waals surface area contributed by atoms with Crippen molar-refractivity contribution in [2.45, 2.75) is 26.5 Å². The topological polar surface area (TPSA) is 40.5 Å². The highest BCUT2D eigenvalue weighted by atomic mass is 16.3. The van der Waals surface area contributed by atoms with E-state index in [1.54, 1.807) is 11.9 Å². The molecular formula is C16H19NO2. The summed E-state index contributed by atoms with van der Waals surface area (Å²) < 4.78 is 0. The van der Waals surface area contributed by atoms with Crippen molar-refractivity contribution in [2.24, 2.45) is 0 Å². The number of aliphatic hydroxyl groups excluding tert-OH is 1. The van der Waals surface area contributed by atoms with E-state index in [0.29, 0.717) is 6.54 Å². The van der Waals surface area contributed by atoms with Crippen molar-refractivity contribution in [2.75, 3.05) is 7.05 Å². The number of nitrogens with zero attached hydrogens (tertiary/aromatic N) is 1. The number of carbonyl (C=O) groups is 1. The molecule has 0 aliphatic rings. The van der Waals surface area contributed by atoms with E-state index < -0.39 is 6.10 Å². The van der Waals surface area contributed by atoms with Crippen LogP contribution in [0, 0.1) is 6.92 Å². The molecule has 0 aliphatic carbocycles. The third-order valence-electron chi connectivity index (χ3n) is 3.21. The van der Waals surface area contributed by atoms with Crippen molar-refractivity contribution in [3.8, 4) is 0 Å². The average molecular weight is 257 g/mol. The molecule has 0 radical (unpaired) electrons. The van der Waals surface area contributed by atoms with Crippen LogP contribution in [0.2, 0.25) is 0 Å². The Labute approximate surface area is 113 Å². The number of hydrogen-bond donors (Lipinski definition) is 1. The number of fused-ring (bicyclic) bond motifs is 1. The molecule has 2 rings (SSSR count). The molecular weight excluding hydrogens is 238 g/mol. The fourth-order valence-electron chi connectivity index (χ4n) is 2.18. The fourth-order valence-corrected chi connectivity index (χ4v) is 2.18. The monoisotopic (exact) mass is 257 g/mol. The third-order valence-corrected chi connectivity index (χ3v) is 3.21. The molecule has 0 spiro atoms. The van der Waals surface area contributed by atoms with Crippen LogP contribution >= 0.6 is 0 Å². The molecule has 0 saturated heterocycles. The molecule has 1 amide bonds. The summed E-state index contributed by atoms with van der Waals surface area (Å²) in [6, 6.07) is 12.5. The van der Waals surface area contributed by atoms with Gasteiger partial charge in [-0.1, -0.05) is 35.9 Å². The Hall–Kier alpha value is -1.87. The van der Waals surface area contributed by atoms with Crippen molar-refractivity contribution in [1.29, 1.82) is 0 Å². The first-order valence-electron chi connectivity index (χ1n) is 6.40. The molecule has 1 unspecified atom stereocenters. The quantitative estimate of drug-likeness (QED) is 0.917. The summed E-state index contributed by atoms with van der Waals surface area (Å²) in [6.07, 6.45) is -0.951. The zero-order valence-electron chi connectivity index (χ0n) is 11.6. The van der Waals surface area contributed by atoms with Crippen LogP contribution in [-0.4, -0.2) is 29.1 Å². The predicted molar refractivity (Wildman–Crippen MR) is 76.8 cm³/mol. The van der Waals surface area contributed by atoms with Gasteiger partial charge >= 0.3 is 0 Å². The van der Waals surface area contributed by atoms with Crippen molar-refractivity contribution in [1.82, 2.24) is 4.90 Å². The Kier molecular flexibility index (Phi) is 3.86. The molecule has 1 N–H and O–H groups in total. The lowest BCUT2D eigenvalue weighted by Gasteiger charge is -2.19. The minimum atomic E-state index is -0.951. The van der Waals surface area contributed by atoms with Gasteiger partial charge in [0.2, 0.25) is 0 Å². The SMILES string of the molecule is Cc1ccc2cc(CN(C)C(=O)C(C)O)ccc2c1. The predicted octanol–water partition coefficient (Wildman–Crippen LogP) is 2.49. The fraction of sp³-hybridized carbons (Fsp3) is 0.312. The molecule has 0 aromatic heterocycles. The second-order valence-corrected chi connectivity index (χ2v) is 5.06. The van der Waals surface area contributed by atoms with Crippen molar-refractivity contribution in [3.05, 3.63) is 47.5 Å². The summed E-state index contributed by atoms with van der Waals surface area (Å²) in [4.78, 5) is 13.2. The first-order chi connectivity index (χ1) is 8.97. The maximum absolute atomic E-state index is 11.6. The maximum atomic E-state index is 11.6. The van der Waals surface area contributed by atoms with Crippen LogP contribution < -0.4 is 0 Å². The minimum Gasteiger partial charge on any atom is -0.384 e. The molecule has 0 heterocycles. The highest BCUT2D eigenvalue weighted by molar-refractivity contribution is 5.84. The van der Waals surface area contributed by atoms with E-state index in [-0.39, 0.29) is 5.91 Å².